The van der Waals surface area contributed by atoms with Crippen molar-refractivity contribution in [2.75, 3.05) is 0 Å². The summed E-state index contributed by atoms with van der Waals surface area (Å²) in [6.07, 6.45) is -11.8. The van der Waals surface area contributed by atoms with E-state index in [0.717, 1.165) is 12.1 Å². The van der Waals surface area contributed by atoms with Gasteiger partial charge in [-0.15, -0.1) is 0 Å². The molecule has 0 N–H and O–H groups in total. The van der Waals surface area contributed by atoms with Crippen molar-refractivity contribution in [3.63, 3.8) is 0 Å². The quantitative estimate of drug-likeness (QED) is 0.444. The first-order valence-corrected chi connectivity index (χ1v) is 5.05. The molecule has 19 heavy (non-hydrogen) atoms. The first kappa shape index (κ1) is 15.6. The van der Waals surface area contributed by atoms with Gasteiger partial charge in [0.2, 0.25) is 0 Å². The number of allylic oxidation sites excluding steroid dienone is 2. The van der Waals surface area contributed by atoms with E-state index >= 15 is 0 Å². The molecule has 1 aromatic rings. The number of ketones is 1. The smallest absolute Gasteiger partial charge is 0.289 e. The highest BCUT2D eigenvalue weighted by Crippen LogP contribution is 2.38. The van der Waals surface area contributed by atoms with E-state index in [1.165, 1.54) is 12.1 Å². The van der Waals surface area contributed by atoms with Crippen LogP contribution < -0.4 is 0 Å². The van der Waals surface area contributed by atoms with E-state index in [9.17, 15) is 31.1 Å². The van der Waals surface area contributed by atoms with Crippen molar-refractivity contribution in [1.29, 1.82) is 0 Å². The SMILES string of the molecule is O=C(C=C(C(F)(F)F)C(F)(F)F)c1ccc(Cl)cc1. The zero-order chi connectivity index (χ0) is 14.8. The lowest BCUT2D eigenvalue weighted by atomic mass is 10.1. The first-order chi connectivity index (χ1) is 8.51. The molecule has 0 aromatic heterocycles. The molecule has 104 valence electrons. The summed E-state index contributed by atoms with van der Waals surface area (Å²) in [5.41, 5.74) is -3.17. The molecule has 0 aliphatic carbocycles. The molecule has 0 spiro atoms. The molecule has 0 fully saturated rings. The number of benzene rings is 1. The van der Waals surface area contributed by atoms with Gasteiger partial charge >= 0.3 is 12.4 Å². The van der Waals surface area contributed by atoms with Gasteiger partial charge in [0.25, 0.3) is 0 Å². The summed E-state index contributed by atoms with van der Waals surface area (Å²) in [6, 6.07) is 4.43. The van der Waals surface area contributed by atoms with Crippen LogP contribution in [0.15, 0.2) is 35.9 Å². The van der Waals surface area contributed by atoms with Crippen molar-refractivity contribution < 1.29 is 31.1 Å². The van der Waals surface area contributed by atoms with E-state index in [0.29, 0.717) is 0 Å². The maximum atomic E-state index is 12.2. The van der Waals surface area contributed by atoms with Crippen LogP contribution in [0.4, 0.5) is 26.3 Å². The van der Waals surface area contributed by atoms with Crippen LogP contribution in [0.5, 0.6) is 0 Å². The minimum atomic E-state index is -5.65. The molecule has 8 heteroatoms. The Bertz CT molecular complexity index is 481. The molecule has 0 amide bonds. The van der Waals surface area contributed by atoms with Crippen molar-refractivity contribution in [3.8, 4) is 0 Å². The van der Waals surface area contributed by atoms with Gasteiger partial charge in [-0.05, 0) is 24.3 Å². The minimum Gasteiger partial charge on any atom is -0.289 e. The second kappa shape index (κ2) is 5.24. The van der Waals surface area contributed by atoms with Gasteiger partial charge in [-0.25, -0.2) is 0 Å². The van der Waals surface area contributed by atoms with Gasteiger partial charge < -0.3 is 0 Å². The molecule has 0 unspecified atom stereocenters. The molecule has 1 rings (SSSR count). The number of rotatable bonds is 2. The molecular formula is C11H5ClF6O. The molecule has 0 atom stereocenters. The van der Waals surface area contributed by atoms with E-state index in [1.54, 1.807) is 0 Å². The molecule has 0 radical (unpaired) electrons. The fraction of sp³-hybridized carbons (Fsp3) is 0.182. The van der Waals surface area contributed by atoms with Crippen molar-refractivity contribution >= 4 is 17.4 Å². The average molecular weight is 303 g/mol. The Morgan fingerprint density at radius 3 is 1.74 bits per heavy atom. The van der Waals surface area contributed by atoms with Crippen LogP contribution in [0.2, 0.25) is 5.02 Å². The van der Waals surface area contributed by atoms with Crippen LogP contribution in [0.3, 0.4) is 0 Å². The van der Waals surface area contributed by atoms with Crippen LogP contribution in [0.1, 0.15) is 10.4 Å². The van der Waals surface area contributed by atoms with Gasteiger partial charge in [0.15, 0.2) is 5.78 Å². The predicted octanol–water partition coefficient (Wildman–Crippen LogP) is 4.57. The van der Waals surface area contributed by atoms with Crippen LogP contribution in [0, 0.1) is 0 Å². The van der Waals surface area contributed by atoms with Gasteiger partial charge in [0.1, 0.15) is 5.57 Å². The highest BCUT2D eigenvalue weighted by Gasteiger charge is 2.51. The molecule has 0 aliphatic rings. The monoisotopic (exact) mass is 302 g/mol. The maximum absolute atomic E-state index is 12.2. The Labute approximate surface area is 108 Å². The van der Waals surface area contributed by atoms with Crippen LogP contribution in [-0.2, 0) is 0 Å². The topological polar surface area (TPSA) is 17.1 Å². The third-order valence-corrected chi connectivity index (χ3v) is 2.27. The fourth-order valence-electron chi connectivity index (χ4n) is 1.15. The molecule has 1 aromatic carbocycles. The molecular weight excluding hydrogens is 298 g/mol. The van der Waals surface area contributed by atoms with E-state index in [-0.39, 0.29) is 10.6 Å². The molecule has 1 nitrogen and oxygen atoms in total. The number of halogens is 7. The van der Waals surface area contributed by atoms with Gasteiger partial charge in [0, 0.05) is 16.7 Å². The largest absolute Gasteiger partial charge is 0.421 e. The lowest BCUT2D eigenvalue weighted by Crippen LogP contribution is -2.27. The van der Waals surface area contributed by atoms with Gasteiger partial charge in [-0.2, -0.15) is 26.3 Å². The third kappa shape index (κ3) is 4.27. The van der Waals surface area contributed by atoms with Crippen LogP contribution in [-0.4, -0.2) is 18.1 Å². The Balaban J connectivity index is 3.17. The summed E-state index contributed by atoms with van der Waals surface area (Å²) in [6.45, 7) is 0. The predicted molar refractivity (Wildman–Crippen MR) is 56.0 cm³/mol. The number of carbonyl (C=O) groups is 1. The Kier molecular flexibility index (Phi) is 4.29. The van der Waals surface area contributed by atoms with Gasteiger partial charge in [-0.1, -0.05) is 11.6 Å². The third-order valence-electron chi connectivity index (χ3n) is 2.01. The lowest BCUT2D eigenvalue weighted by molar-refractivity contribution is -0.171. The van der Waals surface area contributed by atoms with Crippen LogP contribution >= 0.6 is 11.6 Å². The second-order valence-electron chi connectivity index (χ2n) is 3.42. The maximum Gasteiger partial charge on any atom is 0.421 e. The normalized spacial score (nSPS) is 12.2. The van der Waals surface area contributed by atoms with Gasteiger partial charge in [-0.3, -0.25) is 4.79 Å². The van der Waals surface area contributed by atoms with Crippen molar-refractivity contribution in [3.05, 3.63) is 46.5 Å². The highest BCUT2D eigenvalue weighted by molar-refractivity contribution is 6.30. The standard InChI is InChI=1S/C11H5ClF6O/c12-7-3-1-6(2-4-7)8(19)5-9(10(13,14)15)11(16,17)18/h1-5H. The Morgan fingerprint density at radius 1 is 0.947 bits per heavy atom. The Hall–Kier alpha value is -1.50. The lowest BCUT2D eigenvalue weighted by Gasteiger charge is -2.14. The van der Waals surface area contributed by atoms with Crippen molar-refractivity contribution in [2.45, 2.75) is 12.4 Å². The molecule has 0 saturated carbocycles. The number of alkyl halides is 6. The van der Waals surface area contributed by atoms with E-state index < -0.39 is 29.8 Å². The Morgan fingerprint density at radius 2 is 1.37 bits per heavy atom. The van der Waals surface area contributed by atoms with E-state index in [4.69, 9.17) is 11.6 Å². The molecule has 0 saturated heterocycles. The fourth-order valence-corrected chi connectivity index (χ4v) is 1.28. The zero-order valence-electron chi connectivity index (χ0n) is 8.94. The minimum absolute atomic E-state index is 0.201. The summed E-state index contributed by atoms with van der Waals surface area (Å²) in [4.78, 5) is 11.3. The number of hydrogen-bond acceptors (Lipinski definition) is 1. The van der Waals surface area contributed by atoms with Crippen LogP contribution in [0.25, 0.3) is 0 Å². The summed E-state index contributed by atoms with van der Waals surface area (Å²) < 4.78 is 73.2. The molecule has 0 heterocycles. The van der Waals surface area contributed by atoms with Crippen molar-refractivity contribution in [1.82, 2.24) is 0 Å². The van der Waals surface area contributed by atoms with E-state index in [2.05, 4.69) is 0 Å². The van der Waals surface area contributed by atoms with Gasteiger partial charge in [0.05, 0.1) is 0 Å². The highest BCUT2D eigenvalue weighted by atomic mass is 35.5. The van der Waals surface area contributed by atoms with E-state index in [1.807, 2.05) is 0 Å². The summed E-state index contributed by atoms with van der Waals surface area (Å²) >= 11 is 5.48. The summed E-state index contributed by atoms with van der Waals surface area (Å²) in [7, 11) is 0. The second-order valence-corrected chi connectivity index (χ2v) is 3.86. The summed E-state index contributed by atoms with van der Waals surface area (Å²) in [5.74, 6) is -1.40. The zero-order valence-corrected chi connectivity index (χ0v) is 9.70. The number of carbonyl (C=O) groups excluding carboxylic acids is 1. The molecule has 0 aliphatic heterocycles. The molecule has 0 bridgehead atoms. The summed E-state index contributed by atoms with van der Waals surface area (Å²) in [5, 5.41) is 0.201. The number of hydrogen-bond donors (Lipinski definition) is 0. The first-order valence-electron chi connectivity index (χ1n) is 4.68. The average Bonchev–Trinajstić information content (AvgIpc) is 2.23. The van der Waals surface area contributed by atoms with Crippen molar-refractivity contribution in [2.24, 2.45) is 0 Å².